The summed E-state index contributed by atoms with van der Waals surface area (Å²) in [4.78, 5) is 14.6. The van der Waals surface area contributed by atoms with Crippen molar-refractivity contribution >= 4 is 37.3 Å². The van der Waals surface area contributed by atoms with Crippen LogP contribution in [0.3, 0.4) is 0 Å². The van der Waals surface area contributed by atoms with Gasteiger partial charge in [0.05, 0.1) is 5.25 Å². The lowest BCUT2D eigenvalue weighted by Crippen LogP contribution is -2.42. The minimum absolute atomic E-state index is 0.115. The molecular weight excluding hydrogens is 370 g/mol. The van der Waals surface area contributed by atoms with Gasteiger partial charge >= 0.3 is 0 Å². The zero-order valence-electron chi connectivity index (χ0n) is 16.1. The summed E-state index contributed by atoms with van der Waals surface area (Å²) in [5, 5.41) is 4.48. The number of amides is 1. The van der Waals surface area contributed by atoms with Gasteiger partial charge in [-0.15, -0.1) is 0 Å². The highest BCUT2D eigenvalue weighted by atomic mass is 32.2. The molecule has 0 unspecified atom stereocenters. The van der Waals surface area contributed by atoms with Gasteiger partial charge in [-0.3, -0.25) is 4.79 Å². The van der Waals surface area contributed by atoms with E-state index in [1.165, 1.54) is 33.4 Å². The summed E-state index contributed by atoms with van der Waals surface area (Å²) in [6.45, 7) is 1.07. The molecule has 5 heteroatoms. The molecular formula is C23H25NO3S. The van der Waals surface area contributed by atoms with E-state index >= 15 is 0 Å². The molecule has 0 bridgehead atoms. The quantitative estimate of drug-likeness (QED) is 0.628. The standard InChI is InChI=1S/C23H25NO3S/c1-28(26,27)19-12-14-24(15-13-19)23(25)11-10-22-20-8-4-2-6-17(20)16-18-7-3-5-9-21(18)22/h2-9,16,19H,10-15H2,1H3. The molecule has 0 N–H and O–H groups in total. The van der Waals surface area contributed by atoms with Crippen LogP contribution in [0.1, 0.15) is 24.8 Å². The molecule has 1 heterocycles. The zero-order chi connectivity index (χ0) is 19.7. The number of carbonyl (C=O) groups is 1. The number of benzene rings is 3. The first-order valence-electron chi connectivity index (χ1n) is 9.79. The minimum atomic E-state index is -3.02. The molecule has 146 valence electrons. The number of rotatable bonds is 4. The maximum absolute atomic E-state index is 12.8. The first kappa shape index (κ1) is 18.9. The lowest BCUT2D eigenvalue weighted by molar-refractivity contribution is -0.131. The number of fused-ring (bicyclic) bond motifs is 2. The maximum Gasteiger partial charge on any atom is 0.222 e. The molecule has 3 aromatic rings. The van der Waals surface area contributed by atoms with Gasteiger partial charge in [0.15, 0.2) is 0 Å². The molecule has 4 nitrogen and oxygen atoms in total. The molecule has 1 saturated heterocycles. The van der Waals surface area contributed by atoms with E-state index in [4.69, 9.17) is 0 Å². The Bertz CT molecular complexity index is 1080. The summed E-state index contributed by atoms with van der Waals surface area (Å²) in [6, 6.07) is 18.8. The molecule has 0 spiro atoms. The molecule has 3 aromatic carbocycles. The van der Waals surface area contributed by atoms with Crippen molar-refractivity contribution in [3.8, 4) is 0 Å². The highest BCUT2D eigenvalue weighted by Gasteiger charge is 2.28. The van der Waals surface area contributed by atoms with E-state index in [9.17, 15) is 13.2 Å². The predicted molar refractivity (Wildman–Crippen MR) is 114 cm³/mol. The van der Waals surface area contributed by atoms with Gasteiger partial charge in [0.1, 0.15) is 9.84 Å². The van der Waals surface area contributed by atoms with Crippen LogP contribution in [0.5, 0.6) is 0 Å². The topological polar surface area (TPSA) is 54.5 Å². The van der Waals surface area contributed by atoms with Crippen LogP contribution in [-0.4, -0.2) is 43.8 Å². The molecule has 0 saturated carbocycles. The number of piperidine rings is 1. The number of hydrogen-bond acceptors (Lipinski definition) is 3. The minimum Gasteiger partial charge on any atom is -0.343 e. The molecule has 1 aliphatic heterocycles. The van der Waals surface area contributed by atoms with Crippen molar-refractivity contribution in [3.05, 3.63) is 60.2 Å². The lowest BCUT2D eigenvalue weighted by Gasteiger charge is -2.31. The normalized spacial score (nSPS) is 16.0. The van der Waals surface area contributed by atoms with E-state index in [0.29, 0.717) is 38.8 Å². The largest absolute Gasteiger partial charge is 0.343 e. The van der Waals surface area contributed by atoms with Crippen molar-refractivity contribution < 1.29 is 13.2 Å². The number of nitrogens with zero attached hydrogens (tertiary/aromatic N) is 1. The fourth-order valence-corrected chi connectivity index (χ4v) is 5.37. The van der Waals surface area contributed by atoms with E-state index < -0.39 is 9.84 Å². The fourth-order valence-electron chi connectivity index (χ4n) is 4.30. The summed E-state index contributed by atoms with van der Waals surface area (Å²) in [7, 11) is -3.02. The van der Waals surface area contributed by atoms with Crippen LogP contribution in [0.2, 0.25) is 0 Å². The molecule has 1 fully saturated rings. The van der Waals surface area contributed by atoms with Gasteiger partial charge in [0.2, 0.25) is 5.91 Å². The first-order chi connectivity index (χ1) is 13.4. The Balaban J connectivity index is 1.53. The number of likely N-dealkylation sites (tertiary alicyclic amines) is 1. The van der Waals surface area contributed by atoms with Gasteiger partial charge < -0.3 is 4.90 Å². The third-order valence-corrected chi connectivity index (χ3v) is 7.55. The number of aryl methyl sites for hydroxylation is 1. The van der Waals surface area contributed by atoms with Gasteiger partial charge in [-0.2, -0.15) is 0 Å². The van der Waals surface area contributed by atoms with E-state index in [1.54, 1.807) is 0 Å². The van der Waals surface area contributed by atoms with Gasteiger partial charge in [0.25, 0.3) is 0 Å². The number of sulfone groups is 1. The Morgan fingerprint density at radius 1 is 0.964 bits per heavy atom. The van der Waals surface area contributed by atoms with E-state index in [2.05, 4.69) is 30.3 Å². The van der Waals surface area contributed by atoms with Crippen molar-refractivity contribution in [2.45, 2.75) is 30.9 Å². The Labute approximate surface area is 166 Å². The summed E-state index contributed by atoms with van der Waals surface area (Å²) in [5.74, 6) is 0.115. The Morgan fingerprint density at radius 3 is 2.04 bits per heavy atom. The zero-order valence-corrected chi connectivity index (χ0v) is 16.9. The van der Waals surface area contributed by atoms with Gasteiger partial charge in [0, 0.05) is 25.8 Å². The molecule has 28 heavy (non-hydrogen) atoms. The monoisotopic (exact) mass is 395 g/mol. The highest BCUT2D eigenvalue weighted by Crippen LogP contribution is 2.29. The van der Waals surface area contributed by atoms with Crippen LogP contribution in [0.4, 0.5) is 0 Å². The first-order valence-corrected chi connectivity index (χ1v) is 11.7. The predicted octanol–water partition coefficient (Wildman–Crippen LogP) is 3.96. The number of carbonyl (C=O) groups excluding carboxylic acids is 1. The second-order valence-electron chi connectivity index (χ2n) is 7.71. The fraction of sp³-hybridized carbons (Fsp3) is 0.348. The van der Waals surface area contributed by atoms with Crippen LogP contribution in [0, 0.1) is 0 Å². The Kier molecular flexibility index (Phi) is 5.11. The molecule has 0 atom stereocenters. The van der Waals surface area contributed by atoms with Crippen LogP contribution in [0.15, 0.2) is 54.6 Å². The third-order valence-electron chi connectivity index (χ3n) is 5.87. The van der Waals surface area contributed by atoms with Crippen LogP contribution in [0.25, 0.3) is 21.5 Å². The second-order valence-corrected chi connectivity index (χ2v) is 10.0. The smallest absolute Gasteiger partial charge is 0.222 e. The van der Waals surface area contributed by atoms with Gasteiger partial charge in [-0.1, -0.05) is 48.5 Å². The van der Waals surface area contributed by atoms with Crippen molar-refractivity contribution in [1.82, 2.24) is 4.90 Å². The highest BCUT2D eigenvalue weighted by molar-refractivity contribution is 7.91. The SMILES string of the molecule is CS(=O)(=O)C1CCN(C(=O)CCc2c3ccccc3cc3ccccc23)CC1. The van der Waals surface area contributed by atoms with Gasteiger partial charge in [-0.05, 0) is 52.4 Å². The van der Waals surface area contributed by atoms with Crippen molar-refractivity contribution in [2.24, 2.45) is 0 Å². The molecule has 1 aliphatic rings. The van der Waals surface area contributed by atoms with Crippen LogP contribution < -0.4 is 0 Å². The maximum atomic E-state index is 12.8. The van der Waals surface area contributed by atoms with E-state index in [0.717, 1.165) is 0 Å². The summed E-state index contributed by atoms with van der Waals surface area (Å²) in [5.41, 5.74) is 1.22. The Hall–Kier alpha value is -2.40. The summed E-state index contributed by atoms with van der Waals surface area (Å²) >= 11 is 0. The third kappa shape index (κ3) is 3.76. The molecule has 0 radical (unpaired) electrons. The van der Waals surface area contributed by atoms with Crippen molar-refractivity contribution in [3.63, 3.8) is 0 Å². The van der Waals surface area contributed by atoms with Crippen LogP contribution >= 0.6 is 0 Å². The Morgan fingerprint density at radius 2 is 1.50 bits per heavy atom. The number of hydrogen-bond donors (Lipinski definition) is 0. The molecule has 1 amide bonds. The molecule has 0 aromatic heterocycles. The molecule has 0 aliphatic carbocycles. The van der Waals surface area contributed by atoms with Crippen LogP contribution in [-0.2, 0) is 21.1 Å². The van der Waals surface area contributed by atoms with E-state index in [-0.39, 0.29) is 11.2 Å². The lowest BCUT2D eigenvalue weighted by atomic mass is 9.94. The van der Waals surface area contributed by atoms with Crippen molar-refractivity contribution in [1.29, 1.82) is 0 Å². The summed E-state index contributed by atoms with van der Waals surface area (Å²) in [6.07, 6.45) is 3.51. The summed E-state index contributed by atoms with van der Waals surface area (Å²) < 4.78 is 23.4. The van der Waals surface area contributed by atoms with Gasteiger partial charge in [-0.25, -0.2) is 8.42 Å². The average molecular weight is 396 g/mol. The second kappa shape index (κ2) is 7.55. The van der Waals surface area contributed by atoms with E-state index in [1.807, 2.05) is 29.2 Å². The van der Waals surface area contributed by atoms with Crippen molar-refractivity contribution in [2.75, 3.05) is 19.3 Å². The average Bonchev–Trinajstić information content (AvgIpc) is 2.70. The molecule has 4 rings (SSSR count).